The summed E-state index contributed by atoms with van der Waals surface area (Å²) in [6.45, 7) is 0.821. The molecule has 2 aromatic rings. The van der Waals surface area contributed by atoms with E-state index < -0.39 is 29.1 Å². The summed E-state index contributed by atoms with van der Waals surface area (Å²) >= 11 is 5.52. The Morgan fingerprint density at radius 2 is 2.00 bits per heavy atom. The highest BCUT2D eigenvalue weighted by Gasteiger charge is 2.38. The van der Waals surface area contributed by atoms with Gasteiger partial charge in [0.2, 0.25) is 5.88 Å². The Balaban J connectivity index is 2.52. The molecule has 0 aliphatic rings. The fraction of sp³-hybridized carbons (Fsp3) is 0.273. The van der Waals surface area contributed by atoms with Gasteiger partial charge in [0, 0.05) is 17.8 Å². The van der Waals surface area contributed by atoms with Gasteiger partial charge in [0.15, 0.2) is 17.1 Å². The summed E-state index contributed by atoms with van der Waals surface area (Å²) in [5.74, 6) is -1.23. The zero-order chi connectivity index (χ0) is 14.2. The maximum Gasteiger partial charge on any atom is 0.425 e. The lowest BCUT2D eigenvalue weighted by Gasteiger charge is -2.18. The Kier molecular flexibility index (Phi) is 3.49. The number of hydrogen-bond donors (Lipinski definition) is 0. The molecular weight excluding hydrogens is 288 g/mol. The van der Waals surface area contributed by atoms with E-state index in [2.05, 4.69) is 9.97 Å². The molecule has 0 amide bonds. The van der Waals surface area contributed by atoms with Gasteiger partial charge in [-0.2, -0.15) is 18.2 Å². The summed E-state index contributed by atoms with van der Waals surface area (Å²) in [6.07, 6.45) is -4.19. The number of nitrogens with zero attached hydrogens (tertiary/aromatic N) is 2. The standard InChI is InChI=1S/C11H7ClF4N2O/c1-5(11(14,15)16)19-10-7-4-17-3-2-6(7)8(13)9(12)18-10/h2-5H,1H3. The predicted octanol–water partition coefficient (Wildman–Crippen LogP) is 3.75. The largest absolute Gasteiger partial charge is 0.464 e. The van der Waals surface area contributed by atoms with Crippen molar-refractivity contribution in [3.63, 3.8) is 0 Å². The Morgan fingerprint density at radius 3 is 2.63 bits per heavy atom. The van der Waals surface area contributed by atoms with E-state index in [1.165, 1.54) is 18.5 Å². The molecule has 2 heterocycles. The van der Waals surface area contributed by atoms with Crippen molar-refractivity contribution >= 4 is 22.4 Å². The van der Waals surface area contributed by atoms with Crippen LogP contribution >= 0.6 is 11.6 Å². The molecular formula is C11H7ClF4N2O. The van der Waals surface area contributed by atoms with Crippen molar-refractivity contribution in [2.45, 2.75) is 19.2 Å². The van der Waals surface area contributed by atoms with Gasteiger partial charge >= 0.3 is 6.18 Å². The lowest BCUT2D eigenvalue weighted by Crippen LogP contribution is -2.31. The number of alkyl halides is 3. The van der Waals surface area contributed by atoms with Gasteiger partial charge in [0.25, 0.3) is 0 Å². The molecule has 0 spiro atoms. The second-order valence-corrected chi connectivity index (χ2v) is 4.10. The van der Waals surface area contributed by atoms with Crippen LogP contribution in [0.4, 0.5) is 17.6 Å². The number of ether oxygens (including phenoxy) is 1. The smallest absolute Gasteiger partial charge is 0.425 e. The van der Waals surface area contributed by atoms with Crippen LogP contribution in [0.1, 0.15) is 6.92 Å². The van der Waals surface area contributed by atoms with E-state index in [1.54, 1.807) is 0 Å². The highest BCUT2D eigenvalue weighted by Crippen LogP contribution is 2.32. The molecule has 0 N–H and O–H groups in total. The molecule has 1 unspecified atom stereocenters. The van der Waals surface area contributed by atoms with Crippen LogP contribution < -0.4 is 4.74 Å². The zero-order valence-corrected chi connectivity index (χ0v) is 10.3. The maximum absolute atomic E-state index is 13.6. The summed E-state index contributed by atoms with van der Waals surface area (Å²) in [5.41, 5.74) is 0. The van der Waals surface area contributed by atoms with Crippen molar-refractivity contribution in [2.75, 3.05) is 0 Å². The molecule has 0 bridgehead atoms. The van der Waals surface area contributed by atoms with Crippen LogP contribution in [-0.2, 0) is 0 Å². The van der Waals surface area contributed by atoms with E-state index in [4.69, 9.17) is 16.3 Å². The van der Waals surface area contributed by atoms with Crippen molar-refractivity contribution < 1.29 is 22.3 Å². The second-order valence-electron chi connectivity index (χ2n) is 3.74. The molecule has 8 heteroatoms. The Hall–Kier alpha value is -1.63. The summed E-state index contributed by atoms with van der Waals surface area (Å²) in [5, 5.41) is -0.525. The normalized spacial score (nSPS) is 13.6. The molecule has 0 aliphatic carbocycles. The fourth-order valence-electron chi connectivity index (χ4n) is 1.39. The second kappa shape index (κ2) is 4.80. The Labute approximate surface area is 110 Å². The van der Waals surface area contributed by atoms with Gasteiger partial charge in [0.05, 0.1) is 5.39 Å². The molecule has 2 rings (SSSR count). The van der Waals surface area contributed by atoms with E-state index in [0.29, 0.717) is 0 Å². The Bertz CT molecular complexity index is 617. The topological polar surface area (TPSA) is 35.0 Å². The molecule has 1 atom stereocenters. The van der Waals surface area contributed by atoms with Crippen molar-refractivity contribution in [3.8, 4) is 5.88 Å². The van der Waals surface area contributed by atoms with Gasteiger partial charge in [0.1, 0.15) is 0 Å². The molecule has 0 aliphatic heterocycles. The fourth-order valence-corrected chi connectivity index (χ4v) is 1.57. The van der Waals surface area contributed by atoms with Crippen LogP contribution in [0.2, 0.25) is 5.15 Å². The number of fused-ring (bicyclic) bond motifs is 1. The van der Waals surface area contributed by atoms with Crippen molar-refractivity contribution in [3.05, 3.63) is 29.4 Å². The number of halogens is 5. The lowest BCUT2D eigenvalue weighted by atomic mass is 10.2. The van der Waals surface area contributed by atoms with Gasteiger partial charge < -0.3 is 4.74 Å². The molecule has 0 radical (unpaired) electrons. The molecule has 0 fully saturated rings. The number of rotatable bonds is 2. The van der Waals surface area contributed by atoms with E-state index in [-0.39, 0.29) is 10.8 Å². The molecule has 0 aromatic carbocycles. The van der Waals surface area contributed by atoms with Crippen LogP contribution in [0.3, 0.4) is 0 Å². The summed E-state index contributed by atoms with van der Waals surface area (Å²) < 4.78 is 55.7. The minimum atomic E-state index is -4.56. The summed E-state index contributed by atoms with van der Waals surface area (Å²) in [7, 11) is 0. The van der Waals surface area contributed by atoms with Gasteiger partial charge in [-0.3, -0.25) is 4.98 Å². The number of aromatic nitrogens is 2. The monoisotopic (exact) mass is 294 g/mol. The first-order valence-electron chi connectivity index (χ1n) is 5.13. The summed E-state index contributed by atoms with van der Waals surface area (Å²) in [4.78, 5) is 7.19. The molecule has 3 nitrogen and oxygen atoms in total. The third-order valence-corrected chi connectivity index (χ3v) is 2.67. The van der Waals surface area contributed by atoms with Crippen LogP contribution in [0.25, 0.3) is 10.8 Å². The van der Waals surface area contributed by atoms with Gasteiger partial charge in [-0.1, -0.05) is 11.6 Å². The first kappa shape index (κ1) is 13.8. The van der Waals surface area contributed by atoms with Crippen LogP contribution in [0.15, 0.2) is 18.5 Å². The van der Waals surface area contributed by atoms with E-state index in [0.717, 1.165) is 6.92 Å². The lowest BCUT2D eigenvalue weighted by molar-refractivity contribution is -0.189. The number of pyridine rings is 2. The molecule has 2 aromatic heterocycles. The van der Waals surface area contributed by atoms with Crippen molar-refractivity contribution in [2.24, 2.45) is 0 Å². The molecule has 0 saturated heterocycles. The predicted molar refractivity (Wildman–Crippen MR) is 60.7 cm³/mol. The number of hydrogen-bond acceptors (Lipinski definition) is 3. The van der Waals surface area contributed by atoms with Crippen LogP contribution in [-0.4, -0.2) is 22.2 Å². The molecule has 102 valence electrons. The zero-order valence-electron chi connectivity index (χ0n) is 9.50. The van der Waals surface area contributed by atoms with Gasteiger partial charge in [-0.15, -0.1) is 0 Å². The highest BCUT2D eigenvalue weighted by atomic mass is 35.5. The average Bonchev–Trinajstić information content (AvgIpc) is 2.34. The molecule has 19 heavy (non-hydrogen) atoms. The third kappa shape index (κ3) is 2.70. The van der Waals surface area contributed by atoms with Gasteiger partial charge in [-0.05, 0) is 13.0 Å². The van der Waals surface area contributed by atoms with Crippen LogP contribution in [0.5, 0.6) is 5.88 Å². The van der Waals surface area contributed by atoms with E-state index in [9.17, 15) is 17.6 Å². The highest BCUT2D eigenvalue weighted by molar-refractivity contribution is 6.30. The van der Waals surface area contributed by atoms with Crippen molar-refractivity contribution in [1.29, 1.82) is 0 Å². The SMILES string of the molecule is CC(Oc1nc(Cl)c(F)c2ccncc12)C(F)(F)F. The first-order valence-corrected chi connectivity index (χ1v) is 5.50. The van der Waals surface area contributed by atoms with E-state index in [1.807, 2.05) is 0 Å². The maximum atomic E-state index is 13.6. The molecule has 0 saturated carbocycles. The minimum Gasteiger partial charge on any atom is -0.464 e. The first-order chi connectivity index (χ1) is 8.80. The minimum absolute atomic E-state index is 0.000579. The van der Waals surface area contributed by atoms with Gasteiger partial charge in [-0.25, -0.2) is 4.39 Å². The summed E-state index contributed by atoms with van der Waals surface area (Å²) in [6, 6.07) is 1.28. The quantitative estimate of drug-likeness (QED) is 0.625. The van der Waals surface area contributed by atoms with Crippen LogP contribution in [0, 0.1) is 5.82 Å². The van der Waals surface area contributed by atoms with Crippen molar-refractivity contribution in [1.82, 2.24) is 9.97 Å². The average molecular weight is 295 g/mol. The Morgan fingerprint density at radius 1 is 1.32 bits per heavy atom. The third-order valence-electron chi connectivity index (χ3n) is 2.42. The van der Waals surface area contributed by atoms with E-state index >= 15 is 0 Å².